The summed E-state index contributed by atoms with van der Waals surface area (Å²) in [4.78, 5) is 16.0. The summed E-state index contributed by atoms with van der Waals surface area (Å²) in [5, 5.41) is 9.30. The molecule has 0 atom stereocenters. The summed E-state index contributed by atoms with van der Waals surface area (Å²) in [5.41, 5.74) is 8.10. The minimum atomic E-state index is -3.08. The first-order valence-electron chi connectivity index (χ1n) is 17.3. The maximum atomic E-state index is 5.75. The van der Waals surface area contributed by atoms with Crippen molar-refractivity contribution in [1.29, 1.82) is 0 Å². The third-order valence-corrected chi connectivity index (χ3v) is 15.1. The highest BCUT2D eigenvalue weighted by molar-refractivity contribution is 7.21. The molecule has 0 aliphatic carbocycles. The van der Waals surface area contributed by atoms with E-state index in [0.717, 1.165) is 44.1 Å². The molecule has 0 spiro atoms. The van der Waals surface area contributed by atoms with Crippen molar-refractivity contribution in [3.63, 3.8) is 0 Å². The van der Waals surface area contributed by atoms with E-state index in [1.807, 2.05) is 24.5 Å². The average molecular weight is 668 g/mol. The van der Waals surface area contributed by atoms with Gasteiger partial charge in [0, 0.05) is 55.8 Å². The van der Waals surface area contributed by atoms with Crippen LogP contribution in [0.3, 0.4) is 0 Å². The Labute approximate surface area is 294 Å². The SMILES string of the molecule is c1ccc([Si]2(c3ccccn3)c3ccc(-n4c5ccccc5c5ccccc54)cc3-c3ccc(-n4c5ccccc5c5ccccc54)nc32)nc1. The molecule has 1 aliphatic heterocycles. The lowest BCUT2D eigenvalue weighted by Crippen LogP contribution is -2.75. The number of nitrogens with zero attached hydrogens (tertiary/aromatic N) is 5. The number of hydrogen-bond acceptors (Lipinski definition) is 3. The van der Waals surface area contributed by atoms with Crippen molar-refractivity contribution in [3.05, 3.63) is 176 Å². The Morgan fingerprint density at radius 2 is 0.902 bits per heavy atom. The monoisotopic (exact) mass is 667 g/mol. The van der Waals surface area contributed by atoms with Gasteiger partial charge in [-0.3, -0.25) is 14.5 Å². The molecule has 5 nitrogen and oxygen atoms in total. The van der Waals surface area contributed by atoms with Gasteiger partial charge in [-0.25, -0.2) is 4.98 Å². The van der Waals surface area contributed by atoms with Crippen LogP contribution >= 0.6 is 0 Å². The van der Waals surface area contributed by atoms with Gasteiger partial charge >= 0.3 is 0 Å². The zero-order valence-electron chi connectivity index (χ0n) is 27.5. The first kappa shape index (κ1) is 28.2. The van der Waals surface area contributed by atoms with Crippen molar-refractivity contribution < 1.29 is 0 Å². The van der Waals surface area contributed by atoms with Crippen molar-refractivity contribution in [2.45, 2.75) is 0 Å². The van der Waals surface area contributed by atoms with E-state index in [1.54, 1.807) is 0 Å². The molecular weight excluding hydrogens is 639 g/mol. The minimum absolute atomic E-state index is 0.894. The van der Waals surface area contributed by atoms with Crippen LogP contribution in [-0.2, 0) is 0 Å². The highest BCUT2D eigenvalue weighted by Crippen LogP contribution is 2.36. The van der Waals surface area contributed by atoms with E-state index < -0.39 is 8.07 Å². The van der Waals surface area contributed by atoms with Crippen molar-refractivity contribution in [2.24, 2.45) is 0 Å². The van der Waals surface area contributed by atoms with E-state index in [4.69, 9.17) is 15.0 Å². The van der Waals surface area contributed by atoms with Crippen LogP contribution in [0.4, 0.5) is 0 Å². The molecule has 0 saturated carbocycles. The Bertz CT molecular complexity index is 2840. The van der Waals surface area contributed by atoms with Crippen molar-refractivity contribution in [3.8, 4) is 22.6 Å². The fourth-order valence-electron chi connectivity index (χ4n) is 8.61. The van der Waals surface area contributed by atoms with E-state index in [1.165, 1.54) is 43.3 Å². The number of para-hydroxylation sites is 4. The summed E-state index contributed by atoms with van der Waals surface area (Å²) in [7, 11) is -3.08. The molecule has 6 heteroatoms. The predicted molar refractivity (Wildman–Crippen MR) is 211 cm³/mol. The molecule has 0 N–H and O–H groups in total. The smallest absolute Gasteiger partial charge is 0.245 e. The Hall–Kier alpha value is -6.63. The molecule has 0 bridgehead atoms. The van der Waals surface area contributed by atoms with Crippen molar-refractivity contribution in [2.75, 3.05) is 0 Å². The van der Waals surface area contributed by atoms with Gasteiger partial charge in [0.25, 0.3) is 0 Å². The van der Waals surface area contributed by atoms with Gasteiger partial charge in [-0.2, -0.15) is 0 Å². The Kier molecular flexibility index (Phi) is 5.91. The fraction of sp³-hybridized carbons (Fsp3) is 0. The van der Waals surface area contributed by atoms with Gasteiger partial charge in [-0.15, -0.1) is 0 Å². The normalized spacial score (nSPS) is 13.3. The first-order valence-corrected chi connectivity index (χ1v) is 19.3. The van der Waals surface area contributed by atoms with Gasteiger partial charge in [0.15, 0.2) is 0 Å². The molecule has 11 rings (SSSR count). The molecule has 5 aromatic heterocycles. The van der Waals surface area contributed by atoms with E-state index in [-0.39, 0.29) is 0 Å². The number of hydrogen-bond donors (Lipinski definition) is 0. The third kappa shape index (κ3) is 3.82. The van der Waals surface area contributed by atoms with Crippen LogP contribution in [0.25, 0.3) is 66.2 Å². The Balaban J connectivity index is 1.25. The van der Waals surface area contributed by atoms with Crippen LogP contribution in [0.2, 0.25) is 0 Å². The second kappa shape index (κ2) is 10.7. The fourth-order valence-corrected chi connectivity index (χ4v) is 13.2. The van der Waals surface area contributed by atoms with E-state index in [9.17, 15) is 0 Å². The quantitative estimate of drug-likeness (QED) is 0.184. The summed E-state index contributed by atoms with van der Waals surface area (Å²) >= 11 is 0. The lowest BCUT2D eigenvalue weighted by molar-refractivity contribution is 1.09. The highest BCUT2D eigenvalue weighted by Gasteiger charge is 2.53. The summed E-state index contributed by atoms with van der Waals surface area (Å²) in [6.07, 6.45) is 3.82. The van der Waals surface area contributed by atoms with Crippen LogP contribution in [-0.4, -0.2) is 32.2 Å². The van der Waals surface area contributed by atoms with Crippen LogP contribution in [0.15, 0.2) is 176 Å². The van der Waals surface area contributed by atoms with Crippen LogP contribution in [0.5, 0.6) is 0 Å². The zero-order chi connectivity index (χ0) is 33.5. The van der Waals surface area contributed by atoms with Crippen LogP contribution in [0, 0.1) is 0 Å². The molecule has 6 heterocycles. The molecule has 0 unspecified atom stereocenters. The standard InChI is InChI=1S/C45H29N5Si/c1-5-17-37-31(13-1)32-14-2-6-18-38(32)49(37)30-23-25-41-36(29-30)35-24-26-42(50-39-19-7-3-15-33(39)34-16-4-8-20-40(34)50)48-45(35)51(41,43-21-9-11-27-46-43)44-22-10-12-28-47-44/h1-29H. The number of fused-ring (bicyclic) bond motifs is 9. The van der Waals surface area contributed by atoms with E-state index in [0.29, 0.717) is 0 Å². The molecule has 5 aromatic carbocycles. The summed E-state index contributed by atoms with van der Waals surface area (Å²) in [6, 6.07) is 58.6. The second-order valence-corrected chi connectivity index (χ2v) is 16.8. The summed E-state index contributed by atoms with van der Waals surface area (Å²) in [5.74, 6) is 0.894. The number of benzene rings is 5. The number of pyridine rings is 3. The topological polar surface area (TPSA) is 48.5 Å². The first-order chi connectivity index (χ1) is 25.3. The second-order valence-electron chi connectivity index (χ2n) is 13.2. The predicted octanol–water partition coefficient (Wildman–Crippen LogP) is 7.42. The lowest BCUT2D eigenvalue weighted by Gasteiger charge is -2.28. The van der Waals surface area contributed by atoms with E-state index in [2.05, 4.69) is 161 Å². The van der Waals surface area contributed by atoms with Crippen LogP contribution < -0.4 is 21.1 Å². The van der Waals surface area contributed by atoms with Gasteiger partial charge in [0.1, 0.15) is 5.82 Å². The Morgan fingerprint density at radius 3 is 1.41 bits per heavy atom. The molecule has 1 aliphatic rings. The summed E-state index contributed by atoms with van der Waals surface area (Å²) < 4.78 is 4.71. The number of aromatic nitrogens is 5. The van der Waals surface area contributed by atoms with Gasteiger partial charge < -0.3 is 4.57 Å². The molecule has 0 radical (unpaired) electrons. The average Bonchev–Trinajstić information content (AvgIpc) is 3.82. The Morgan fingerprint density at radius 1 is 0.412 bits per heavy atom. The molecule has 10 aromatic rings. The van der Waals surface area contributed by atoms with Gasteiger partial charge in [0.05, 0.1) is 27.4 Å². The molecule has 238 valence electrons. The largest absolute Gasteiger partial charge is 0.309 e. The lowest BCUT2D eigenvalue weighted by atomic mass is 10.1. The van der Waals surface area contributed by atoms with Gasteiger partial charge in [-0.05, 0) is 83.5 Å². The van der Waals surface area contributed by atoms with E-state index >= 15 is 0 Å². The molecule has 51 heavy (non-hydrogen) atoms. The minimum Gasteiger partial charge on any atom is -0.309 e. The molecule has 0 saturated heterocycles. The van der Waals surface area contributed by atoms with Crippen molar-refractivity contribution >= 4 is 72.8 Å². The highest BCUT2D eigenvalue weighted by atomic mass is 28.3. The summed E-state index contributed by atoms with van der Waals surface area (Å²) in [6.45, 7) is 0. The third-order valence-electron chi connectivity index (χ3n) is 10.7. The molecular formula is C45H29N5Si. The zero-order valence-corrected chi connectivity index (χ0v) is 28.5. The number of rotatable bonds is 4. The van der Waals surface area contributed by atoms with Gasteiger partial charge in [-0.1, -0.05) is 91.0 Å². The van der Waals surface area contributed by atoms with Gasteiger partial charge in [0.2, 0.25) is 8.07 Å². The maximum Gasteiger partial charge on any atom is 0.245 e. The molecule has 0 fully saturated rings. The van der Waals surface area contributed by atoms with Crippen LogP contribution in [0.1, 0.15) is 0 Å². The van der Waals surface area contributed by atoms with Crippen molar-refractivity contribution in [1.82, 2.24) is 24.1 Å². The maximum absolute atomic E-state index is 5.75. The molecule has 0 amide bonds.